The Hall–Kier alpha value is -2.95. The van der Waals surface area contributed by atoms with E-state index in [-0.39, 0.29) is 28.7 Å². The van der Waals surface area contributed by atoms with E-state index in [4.69, 9.17) is 4.74 Å². The number of nitrogens with one attached hydrogen (secondary N) is 1. The van der Waals surface area contributed by atoms with Crippen molar-refractivity contribution in [2.24, 2.45) is 0 Å². The summed E-state index contributed by atoms with van der Waals surface area (Å²) in [6.45, 7) is 0.724. The molecule has 0 saturated carbocycles. The zero-order chi connectivity index (χ0) is 21.0. The van der Waals surface area contributed by atoms with E-state index in [0.29, 0.717) is 16.8 Å². The number of carbonyl (C=O) groups is 1. The van der Waals surface area contributed by atoms with Gasteiger partial charge in [0.15, 0.2) is 22.1 Å². The van der Waals surface area contributed by atoms with E-state index in [1.165, 1.54) is 18.0 Å². The Kier molecular flexibility index (Phi) is 6.16. The molecule has 0 radical (unpaired) electrons. The molecule has 0 spiro atoms. The molecule has 3 rings (SSSR count). The Balaban J connectivity index is 1.98. The second-order valence-corrected chi connectivity index (χ2v) is 6.53. The Labute approximate surface area is 168 Å². The van der Waals surface area contributed by atoms with Crippen molar-refractivity contribution in [2.45, 2.75) is 18.3 Å². The lowest BCUT2D eigenvalue weighted by Gasteiger charge is -2.12. The number of halogens is 3. The van der Waals surface area contributed by atoms with Gasteiger partial charge in [-0.15, -0.1) is 0 Å². The molecule has 2 aromatic heterocycles. The number of rotatable bonds is 6. The number of benzene rings is 1. The Bertz CT molecular complexity index is 1030. The molecule has 29 heavy (non-hydrogen) atoms. The first-order valence-corrected chi connectivity index (χ1v) is 9.70. The van der Waals surface area contributed by atoms with Gasteiger partial charge in [0, 0.05) is 5.56 Å². The van der Waals surface area contributed by atoms with Gasteiger partial charge in [0.25, 0.3) is 0 Å². The van der Waals surface area contributed by atoms with Crippen molar-refractivity contribution in [1.82, 2.24) is 19.9 Å². The molecule has 7 nitrogen and oxygen atoms in total. The predicted molar refractivity (Wildman–Crippen MR) is 103 cm³/mol. The Morgan fingerprint density at radius 1 is 1.17 bits per heavy atom. The van der Waals surface area contributed by atoms with Crippen molar-refractivity contribution < 1.29 is 22.7 Å². The van der Waals surface area contributed by atoms with Gasteiger partial charge < -0.3 is 10.1 Å². The molecular weight excluding hydrogens is 407 g/mol. The molecule has 0 unspecified atom stereocenters. The minimum atomic E-state index is -4.41. The predicted octanol–water partition coefficient (Wildman–Crippen LogP) is 3.96. The maximum absolute atomic E-state index is 12.6. The normalized spacial score (nSPS) is 11.5. The lowest BCUT2D eigenvalue weighted by atomic mass is 10.1. The number of ether oxygens (including phenoxy) is 1. The van der Waals surface area contributed by atoms with Crippen molar-refractivity contribution in [3.63, 3.8) is 0 Å². The van der Waals surface area contributed by atoms with Gasteiger partial charge >= 0.3 is 12.1 Å². The van der Waals surface area contributed by atoms with Crippen LogP contribution < -0.4 is 5.32 Å². The molecule has 0 amide bonds. The fraction of sp³-hybridized carbons (Fsp3) is 0.278. The van der Waals surface area contributed by atoms with Crippen molar-refractivity contribution >= 4 is 34.7 Å². The van der Waals surface area contributed by atoms with Crippen LogP contribution in [0.1, 0.15) is 17.3 Å². The third-order valence-electron chi connectivity index (χ3n) is 3.72. The SMILES string of the molecule is CCOC(=O)c1ccc(-c2cnc3nc(SC)nc(NCC(F)(F)F)c3n2)cc1. The molecular formula is C18H16F3N5O2S. The molecule has 11 heteroatoms. The number of hydrogen-bond donors (Lipinski definition) is 1. The molecule has 2 heterocycles. The zero-order valence-corrected chi connectivity index (χ0v) is 16.3. The largest absolute Gasteiger partial charge is 0.462 e. The summed E-state index contributed by atoms with van der Waals surface area (Å²) in [5.74, 6) is -0.491. The third kappa shape index (κ3) is 5.11. The van der Waals surface area contributed by atoms with E-state index in [2.05, 4.69) is 25.3 Å². The number of hydrogen-bond acceptors (Lipinski definition) is 8. The van der Waals surface area contributed by atoms with Crippen LogP contribution in [0.3, 0.4) is 0 Å². The number of alkyl halides is 3. The minimum absolute atomic E-state index is 0.0471. The lowest BCUT2D eigenvalue weighted by molar-refractivity contribution is -0.115. The number of carbonyl (C=O) groups excluding carboxylic acids is 1. The van der Waals surface area contributed by atoms with Gasteiger partial charge in [0.1, 0.15) is 6.54 Å². The summed E-state index contributed by atoms with van der Waals surface area (Å²) in [6.07, 6.45) is -1.24. The van der Waals surface area contributed by atoms with Gasteiger partial charge in [0.2, 0.25) is 0 Å². The summed E-state index contributed by atoms with van der Waals surface area (Å²) in [5, 5.41) is 2.55. The second-order valence-electron chi connectivity index (χ2n) is 5.75. The summed E-state index contributed by atoms with van der Waals surface area (Å²) in [6, 6.07) is 6.47. The maximum Gasteiger partial charge on any atom is 0.405 e. The van der Waals surface area contributed by atoms with Crippen LogP contribution in [0.5, 0.6) is 0 Å². The Morgan fingerprint density at radius 3 is 2.52 bits per heavy atom. The summed E-state index contributed by atoms with van der Waals surface area (Å²) in [4.78, 5) is 28.6. The van der Waals surface area contributed by atoms with Crippen LogP contribution in [-0.2, 0) is 4.74 Å². The van der Waals surface area contributed by atoms with Crippen LogP contribution in [-0.4, -0.2) is 51.5 Å². The molecule has 0 aliphatic carbocycles. The monoisotopic (exact) mass is 423 g/mol. The van der Waals surface area contributed by atoms with Gasteiger partial charge in [-0.05, 0) is 25.3 Å². The van der Waals surface area contributed by atoms with Gasteiger partial charge in [-0.2, -0.15) is 13.2 Å². The lowest BCUT2D eigenvalue weighted by Crippen LogP contribution is -2.22. The second kappa shape index (κ2) is 8.60. The van der Waals surface area contributed by atoms with Gasteiger partial charge in [-0.25, -0.2) is 24.7 Å². The van der Waals surface area contributed by atoms with Crippen LogP contribution in [0.15, 0.2) is 35.6 Å². The van der Waals surface area contributed by atoms with E-state index in [9.17, 15) is 18.0 Å². The van der Waals surface area contributed by atoms with Gasteiger partial charge in [-0.1, -0.05) is 23.9 Å². The van der Waals surface area contributed by atoms with Crippen LogP contribution >= 0.6 is 11.8 Å². The van der Waals surface area contributed by atoms with Crippen molar-refractivity contribution in [3.05, 3.63) is 36.0 Å². The van der Waals surface area contributed by atoms with Crippen molar-refractivity contribution in [2.75, 3.05) is 24.7 Å². The quantitative estimate of drug-likeness (QED) is 0.362. The molecule has 1 N–H and O–H groups in total. The highest BCUT2D eigenvalue weighted by atomic mass is 32.2. The number of esters is 1. The number of anilines is 1. The van der Waals surface area contributed by atoms with Crippen molar-refractivity contribution in [1.29, 1.82) is 0 Å². The fourth-order valence-electron chi connectivity index (χ4n) is 2.42. The summed E-state index contributed by atoms with van der Waals surface area (Å²) >= 11 is 1.18. The van der Waals surface area contributed by atoms with Crippen LogP contribution in [0.4, 0.5) is 19.0 Å². The number of thioether (sulfide) groups is 1. The molecule has 0 atom stereocenters. The van der Waals surface area contributed by atoms with E-state index in [0.717, 1.165) is 0 Å². The fourth-order valence-corrected chi connectivity index (χ4v) is 2.78. The van der Waals surface area contributed by atoms with E-state index in [1.807, 2.05) is 0 Å². The summed E-state index contributed by atoms with van der Waals surface area (Å²) in [5.41, 5.74) is 1.72. The first-order valence-electron chi connectivity index (χ1n) is 8.47. The van der Waals surface area contributed by atoms with Crippen LogP contribution in [0, 0.1) is 0 Å². The van der Waals surface area contributed by atoms with E-state index in [1.54, 1.807) is 37.4 Å². The third-order valence-corrected chi connectivity index (χ3v) is 4.26. The van der Waals surface area contributed by atoms with Crippen LogP contribution in [0.2, 0.25) is 0 Å². The molecule has 152 valence electrons. The zero-order valence-electron chi connectivity index (χ0n) is 15.4. The topological polar surface area (TPSA) is 89.9 Å². The van der Waals surface area contributed by atoms with E-state index >= 15 is 0 Å². The first-order chi connectivity index (χ1) is 13.8. The minimum Gasteiger partial charge on any atom is -0.462 e. The molecule has 0 fully saturated rings. The molecule has 0 bridgehead atoms. The molecule has 1 aromatic carbocycles. The highest BCUT2D eigenvalue weighted by molar-refractivity contribution is 7.98. The van der Waals surface area contributed by atoms with E-state index < -0.39 is 18.7 Å². The van der Waals surface area contributed by atoms with Crippen LogP contribution in [0.25, 0.3) is 22.4 Å². The summed E-state index contributed by atoms with van der Waals surface area (Å²) < 4.78 is 42.9. The van der Waals surface area contributed by atoms with Gasteiger partial charge in [0.05, 0.1) is 24.1 Å². The van der Waals surface area contributed by atoms with Gasteiger partial charge in [-0.3, -0.25) is 0 Å². The average molecular weight is 423 g/mol. The number of fused-ring (bicyclic) bond motifs is 1. The summed E-state index contributed by atoms with van der Waals surface area (Å²) in [7, 11) is 0. The Morgan fingerprint density at radius 2 is 1.90 bits per heavy atom. The van der Waals surface area contributed by atoms with Crippen molar-refractivity contribution in [3.8, 4) is 11.3 Å². The first kappa shape index (κ1) is 20.8. The molecule has 3 aromatic rings. The maximum atomic E-state index is 12.6. The molecule has 0 aliphatic heterocycles. The number of nitrogens with zero attached hydrogens (tertiary/aromatic N) is 4. The standard InChI is InChI=1S/C18H16F3N5O2S/c1-3-28-16(27)11-6-4-10(5-7-11)12-8-22-14-13(24-12)15(23-9-18(19,20)21)26-17(25-14)29-2/h4-8H,3,9H2,1-2H3,(H,22,23,25,26). The highest BCUT2D eigenvalue weighted by Gasteiger charge is 2.27. The number of aromatic nitrogens is 4. The molecule has 0 saturated heterocycles. The molecule has 0 aliphatic rings. The highest BCUT2D eigenvalue weighted by Crippen LogP contribution is 2.26. The smallest absolute Gasteiger partial charge is 0.405 e. The average Bonchev–Trinajstić information content (AvgIpc) is 2.71.